The number of anilines is 3. The van der Waals surface area contributed by atoms with Gasteiger partial charge in [-0.2, -0.15) is 0 Å². The predicted octanol–water partition coefficient (Wildman–Crippen LogP) is 12.2. The van der Waals surface area contributed by atoms with Crippen molar-refractivity contribution in [2.45, 2.75) is 0 Å². The van der Waals surface area contributed by atoms with Crippen molar-refractivity contribution < 1.29 is 4.42 Å². The van der Waals surface area contributed by atoms with Crippen LogP contribution in [0.4, 0.5) is 17.1 Å². The zero-order valence-corrected chi connectivity index (χ0v) is 24.0. The number of thiophene rings is 1. The molecule has 0 saturated heterocycles. The topological polar surface area (TPSA) is 16.4 Å². The van der Waals surface area contributed by atoms with Gasteiger partial charge in [-0.05, 0) is 59.3 Å². The summed E-state index contributed by atoms with van der Waals surface area (Å²) in [4.78, 5) is 2.33. The van der Waals surface area contributed by atoms with Gasteiger partial charge in [0, 0.05) is 48.1 Å². The first-order valence-corrected chi connectivity index (χ1v) is 15.3. The van der Waals surface area contributed by atoms with E-state index in [0.29, 0.717) is 0 Å². The number of hydrogen-bond donors (Lipinski definition) is 0. The van der Waals surface area contributed by atoms with Crippen molar-refractivity contribution >= 4 is 81.3 Å². The Hall–Kier alpha value is -5.38. The molecule has 9 aromatic rings. The zero-order chi connectivity index (χ0) is 28.3. The molecule has 43 heavy (non-hydrogen) atoms. The molecule has 0 unspecified atom stereocenters. The second-order valence-electron chi connectivity index (χ2n) is 10.9. The quantitative estimate of drug-likeness (QED) is 0.210. The van der Waals surface area contributed by atoms with Gasteiger partial charge in [-0.15, -0.1) is 11.3 Å². The minimum Gasteiger partial charge on any atom is -0.455 e. The Morgan fingerprint density at radius 2 is 1.16 bits per heavy atom. The van der Waals surface area contributed by atoms with Gasteiger partial charge < -0.3 is 9.32 Å². The number of nitrogens with zero attached hydrogens (tertiary/aromatic N) is 1. The standard InChI is InChI=1S/C40H25NOS/c1-3-14-27(15-4-1)41(28-16-5-2-6-17-28)34-22-12-23-35-38(34)33-25-26-13-7-8-18-29(26)37(39(33)42-35)32-21-11-20-31-30-19-9-10-24-36(30)43-40(31)32/h1-25H. The molecule has 0 aliphatic rings. The van der Waals surface area contributed by atoms with Gasteiger partial charge >= 0.3 is 0 Å². The van der Waals surface area contributed by atoms with E-state index < -0.39 is 0 Å². The van der Waals surface area contributed by atoms with Crippen molar-refractivity contribution in [2.75, 3.05) is 4.90 Å². The Kier molecular flexibility index (Phi) is 5.40. The number of furan rings is 1. The summed E-state index contributed by atoms with van der Waals surface area (Å²) in [5, 5.41) is 7.22. The molecule has 0 aliphatic heterocycles. The SMILES string of the molecule is c1ccc(N(c2ccccc2)c2cccc3oc4c(-c5cccc6c5sc5ccccc56)c5ccccc5cc4c23)cc1. The molecule has 0 N–H and O–H groups in total. The smallest absolute Gasteiger partial charge is 0.144 e. The molecule has 3 heteroatoms. The van der Waals surface area contributed by atoms with Crippen LogP contribution < -0.4 is 4.90 Å². The molecule has 7 aromatic carbocycles. The minimum atomic E-state index is 0.879. The molecule has 2 aromatic heterocycles. The van der Waals surface area contributed by atoms with Crippen LogP contribution in [0.25, 0.3) is 64.0 Å². The maximum absolute atomic E-state index is 6.91. The van der Waals surface area contributed by atoms with Crippen LogP contribution >= 0.6 is 11.3 Å². The van der Waals surface area contributed by atoms with E-state index in [-0.39, 0.29) is 0 Å². The van der Waals surface area contributed by atoms with Crippen molar-refractivity contribution in [1.82, 2.24) is 0 Å². The summed E-state index contributed by atoms with van der Waals surface area (Å²) in [7, 11) is 0. The van der Waals surface area contributed by atoms with E-state index in [9.17, 15) is 0 Å². The summed E-state index contributed by atoms with van der Waals surface area (Å²) in [5.74, 6) is 0. The Morgan fingerprint density at radius 1 is 0.512 bits per heavy atom. The summed E-state index contributed by atoms with van der Waals surface area (Å²) >= 11 is 1.86. The second kappa shape index (κ2) is 9.59. The highest BCUT2D eigenvalue weighted by Crippen LogP contribution is 2.49. The third-order valence-corrected chi connectivity index (χ3v) is 9.65. The summed E-state index contributed by atoms with van der Waals surface area (Å²) in [5.41, 5.74) is 7.47. The third-order valence-electron chi connectivity index (χ3n) is 8.43. The first-order chi connectivity index (χ1) is 21.3. The molecule has 2 nitrogen and oxygen atoms in total. The number of para-hydroxylation sites is 2. The molecule has 0 aliphatic carbocycles. The molecule has 0 saturated carbocycles. The van der Waals surface area contributed by atoms with Gasteiger partial charge in [0.05, 0.1) is 11.1 Å². The van der Waals surface area contributed by atoms with Crippen molar-refractivity contribution in [3.63, 3.8) is 0 Å². The van der Waals surface area contributed by atoms with E-state index >= 15 is 0 Å². The highest BCUT2D eigenvalue weighted by molar-refractivity contribution is 7.26. The molecule has 0 radical (unpaired) electrons. The molecule has 202 valence electrons. The first kappa shape index (κ1) is 24.2. The maximum Gasteiger partial charge on any atom is 0.144 e. The molecular formula is C40H25NOS. The molecule has 0 bridgehead atoms. The van der Waals surface area contributed by atoms with Crippen LogP contribution in [-0.2, 0) is 0 Å². The van der Waals surface area contributed by atoms with Crippen LogP contribution in [0.5, 0.6) is 0 Å². The zero-order valence-electron chi connectivity index (χ0n) is 23.2. The van der Waals surface area contributed by atoms with Gasteiger partial charge in [0.2, 0.25) is 0 Å². The molecule has 0 amide bonds. The lowest BCUT2D eigenvalue weighted by molar-refractivity contribution is 0.670. The first-order valence-electron chi connectivity index (χ1n) is 14.5. The number of rotatable bonds is 4. The van der Waals surface area contributed by atoms with Crippen LogP contribution in [0.1, 0.15) is 0 Å². The Balaban J connectivity index is 1.41. The van der Waals surface area contributed by atoms with Gasteiger partial charge in [-0.25, -0.2) is 0 Å². The van der Waals surface area contributed by atoms with E-state index in [1.807, 2.05) is 11.3 Å². The lowest BCUT2D eigenvalue weighted by Gasteiger charge is -2.26. The van der Waals surface area contributed by atoms with E-state index in [1.54, 1.807) is 0 Å². The minimum absolute atomic E-state index is 0.879. The predicted molar refractivity (Wildman–Crippen MR) is 184 cm³/mol. The number of fused-ring (bicyclic) bond motifs is 7. The molecule has 9 rings (SSSR count). The fraction of sp³-hybridized carbons (Fsp3) is 0. The van der Waals surface area contributed by atoms with E-state index in [1.165, 1.54) is 36.5 Å². The molecule has 0 spiro atoms. The van der Waals surface area contributed by atoms with Crippen molar-refractivity contribution in [1.29, 1.82) is 0 Å². The monoisotopic (exact) mass is 567 g/mol. The number of benzene rings is 7. The van der Waals surface area contributed by atoms with Crippen molar-refractivity contribution in [3.05, 3.63) is 152 Å². The lowest BCUT2D eigenvalue weighted by Crippen LogP contribution is -2.09. The highest BCUT2D eigenvalue weighted by atomic mass is 32.1. The second-order valence-corrected chi connectivity index (χ2v) is 11.9. The highest BCUT2D eigenvalue weighted by Gasteiger charge is 2.23. The van der Waals surface area contributed by atoms with Gasteiger partial charge in [-0.1, -0.05) is 103 Å². The summed E-state index contributed by atoms with van der Waals surface area (Å²) in [6, 6.07) is 54.0. The average Bonchev–Trinajstić information content (AvgIpc) is 3.64. The maximum atomic E-state index is 6.91. The summed E-state index contributed by atoms with van der Waals surface area (Å²) in [6.45, 7) is 0. The van der Waals surface area contributed by atoms with Crippen LogP contribution in [0.15, 0.2) is 156 Å². The van der Waals surface area contributed by atoms with Gasteiger partial charge in [0.15, 0.2) is 0 Å². The van der Waals surface area contributed by atoms with E-state index in [2.05, 4.69) is 157 Å². The average molecular weight is 568 g/mol. The summed E-state index contributed by atoms with van der Waals surface area (Å²) < 4.78 is 9.50. The van der Waals surface area contributed by atoms with Gasteiger partial charge in [0.1, 0.15) is 11.2 Å². The van der Waals surface area contributed by atoms with Crippen LogP contribution in [0, 0.1) is 0 Å². The Bertz CT molecular complexity index is 2420. The largest absolute Gasteiger partial charge is 0.455 e. The van der Waals surface area contributed by atoms with Crippen LogP contribution in [-0.4, -0.2) is 0 Å². The van der Waals surface area contributed by atoms with Crippen molar-refractivity contribution in [3.8, 4) is 11.1 Å². The Labute approximate surface area is 252 Å². The fourth-order valence-corrected chi connectivity index (χ4v) is 7.81. The fourth-order valence-electron chi connectivity index (χ4n) is 6.58. The van der Waals surface area contributed by atoms with E-state index in [4.69, 9.17) is 4.42 Å². The lowest BCUT2D eigenvalue weighted by atomic mass is 9.94. The van der Waals surface area contributed by atoms with E-state index in [0.717, 1.165) is 44.6 Å². The normalized spacial score (nSPS) is 11.7. The summed E-state index contributed by atoms with van der Waals surface area (Å²) in [6.07, 6.45) is 0. The molecular weight excluding hydrogens is 543 g/mol. The Morgan fingerprint density at radius 3 is 1.95 bits per heavy atom. The third kappa shape index (κ3) is 3.72. The van der Waals surface area contributed by atoms with Gasteiger partial charge in [-0.3, -0.25) is 0 Å². The van der Waals surface area contributed by atoms with Crippen LogP contribution in [0.2, 0.25) is 0 Å². The number of hydrogen-bond acceptors (Lipinski definition) is 3. The molecule has 2 heterocycles. The van der Waals surface area contributed by atoms with Crippen LogP contribution in [0.3, 0.4) is 0 Å². The van der Waals surface area contributed by atoms with Crippen molar-refractivity contribution in [2.24, 2.45) is 0 Å². The van der Waals surface area contributed by atoms with Gasteiger partial charge in [0.25, 0.3) is 0 Å². The molecule has 0 fully saturated rings. The molecule has 0 atom stereocenters.